The zero-order valence-electron chi connectivity index (χ0n) is 12.9. The third-order valence-electron chi connectivity index (χ3n) is 4.45. The molecule has 4 nitrogen and oxygen atoms in total. The molecule has 124 valence electrons. The Morgan fingerprint density at radius 3 is 2.43 bits per heavy atom. The number of nitrogens with zero attached hydrogens (tertiary/aromatic N) is 3. The van der Waals surface area contributed by atoms with Crippen molar-refractivity contribution in [2.24, 2.45) is 0 Å². The Labute approximate surface area is 149 Å². The van der Waals surface area contributed by atoms with E-state index in [1.165, 1.54) is 42.5 Å². The van der Waals surface area contributed by atoms with Crippen LogP contribution >= 0.6 is 24.8 Å². The van der Waals surface area contributed by atoms with Gasteiger partial charge in [-0.25, -0.2) is 9.97 Å². The largest absolute Gasteiger partial charge is 0.316 e. The van der Waals surface area contributed by atoms with Crippen LogP contribution in [0.1, 0.15) is 49.0 Å². The van der Waals surface area contributed by atoms with Gasteiger partial charge in [0, 0.05) is 42.5 Å². The summed E-state index contributed by atoms with van der Waals surface area (Å²) in [4.78, 5) is 13.7. The van der Waals surface area contributed by atoms with Gasteiger partial charge in [-0.05, 0) is 49.9 Å². The van der Waals surface area contributed by atoms with Gasteiger partial charge >= 0.3 is 0 Å². The van der Waals surface area contributed by atoms with Crippen molar-refractivity contribution in [3.05, 3.63) is 42.2 Å². The zero-order valence-corrected chi connectivity index (χ0v) is 14.6. The molecule has 0 amide bonds. The maximum atomic E-state index is 4.96. The lowest BCUT2D eigenvalue weighted by Gasteiger charge is -2.24. The smallest absolute Gasteiger partial charge is 0.131 e. The second-order valence-electron chi connectivity index (χ2n) is 6.08. The Morgan fingerprint density at radius 2 is 1.78 bits per heavy atom. The minimum atomic E-state index is 0. The van der Waals surface area contributed by atoms with Crippen LogP contribution in [0.4, 0.5) is 0 Å². The van der Waals surface area contributed by atoms with E-state index in [4.69, 9.17) is 4.98 Å². The van der Waals surface area contributed by atoms with E-state index < -0.39 is 0 Å². The fourth-order valence-corrected chi connectivity index (χ4v) is 3.10. The first kappa shape index (κ1) is 18.1. The number of aromatic nitrogens is 3. The number of rotatable bonds is 3. The Morgan fingerprint density at radius 1 is 1.00 bits per heavy atom. The molecule has 2 fully saturated rings. The normalized spacial score (nSPS) is 20.3. The van der Waals surface area contributed by atoms with Crippen molar-refractivity contribution in [2.45, 2.75) is 37.5 Å². The summed E-state index contributed by atoms with van der Waals surface area (Å²) < 4.78 is 0. The topological polar surface area (TPSA) is 50.7 Å². The molecule has 1 N–H and O–H groups in total. The summed E-state index contributed by atoms with van der Waals surface area (Å²) in [7, 11) is 0. The average molecular weight is 353 g/mol. The highest BCUT2D eigenvalue weighted by Gasteiger charge is 2.29. The molecular formula is C17H22Cl2N4. The molecule has 0 aromatic carbocycles. The van der Waals surface area contributed by atoms with E-state index in [1.54, 1.807) is 0 Å². The predicted octanol–water partition coefficient (Wildman–Crippen LogP) is 3.73. The van der Waals surface area contributed by atoms with Crippen molar-refractivity contribution in [1.82, 2.24) is 20.3 Å². The maximum absolute atomic E-state index is 4.96. The highest BCUT2D eigenvalue weighted by molar-refractivity contribution is 5.85. The molecule has 0 radical (unpaired) electrons. The Bertz CT molecular complexity index is 626. The van der Waals surface area contributed by atoms with Crippen LogP contribution < -0.4 is 5.32 Å². The minimum Gasteiger partial charge on any atom is -0.316 e. The van der Waals surface area contributed by atoms with Crippen LogP contribution in [0.15, 0.2) is 30.7 Å². The molecule has 4 rings (SSSR count). The Kier molecular flexibility index (Phi) is 6.33. The van der Waals surface area contributed by atoms with Gasteiger partial charge in [0.2, 0.25) is 0 Å². The van der Waals surface area contributed by atoms with Crippen molar-refractivity contribution in [3.8, 4) is 11.1 Å². The summed E-state index contributed by atoms with van der Waals surface area (Å²) >= 11 is 0. The Balaban J connectivity index is 0.000000960. The van der Waals surface area contributed by atoms with Gasteiger partial charge in [-0.1, -0.05) is 0 Å². The fourth-order valence-electron chi connectivity index (χ4n) is 3.10. The van der Waals surface area contributed by atoms with E-state index in [0.29, 0.717) is 11.8 Å². The van der Waals surface area contributed by atoms with E-state index in [9.17, 15) is 0 Å². The molecule has 23 heavy (non-hydrogen) atoms. The van der Waals surface area contributed by atoms with Crippen LogP contribution in [0.2, 0.25) is 0 Å². The number of halogens is 2. The average Bonchev–Trinajstić information content (AvgIpc) is 3.41. The SMILES string of the molecule is Cl.Cl.c1cc(-c2cnc(C3CC3)nc2C2CCCNC2)ccn1. The first-order chi connectivity index (χ1) is 10.4. The second kappa shape index (κ2) is 8.04. The summed E-state index contributed by atoms with van der Waals surface area (Å²) in [6.45, 7) is 2.15. The summed E-state index contributed by atoms with van der Waals surface area (Å²) in [6, 6.07) is 4.10. The molecule has 2 aromatic heterocycles. The summed E-state index contributed by atoms with van der Waals surface area (Å²) in [5, 5.41) is 3.50. The zero-order chi connectivity index (χ0) is 14.1. The van der Waals surface area contributed by atoms with Crippen molar-refractivity contribution in [1.29, 1.82) is 0 Å². The first-order valence-corrected chi connectivity index (χ1v) is 7.90. The van der Waals surface area contributed by atoms with Gasteiger partial charge in [0.1, 0.15) is 5.82 Å². The monoisotopic (exact) mass is 352 g/mol. The molecule has 0 bridgehead atoms. The van der Waals surface area contributed by atoms with Crippen LogP contribution in [-0.2, 0) is 0 Å². The second-order valence-corrected chi connectivity index (χ2v) is 6.08. The highest BCUT2D eigenvalue weighted by Crippen LogP contribution is 2.40. The molecule has 1 unspecified atom stereocenters. The molecule has 6 heteroatoms. The van der Waals surface area contributed by atoms with Crippen LogP contribution in [-0.4, -0.2) is 28.0 Å². The van der Waals surface area contributed by atoms with Crippen molar-refractivity contribution >= 4 is 24.8 Å². The summed E-state index contributed by atoms with van der Waals surface area (Å²) in [5.41, 5.74) is 3.58. The molecule has 1 saturated heterocycles. The Hall–Kier alpha value is -1.23. The lowest BCUT2D eigenvalue weighted by molar-refractivity contribution is 0.454. The molecule has 2 aromatic rings. The fraction of sp³-hybridized carbons (Fsp3) is 0.471. The van der Waals surface area contributed by atoms with Gasteiger partial charge in [-0.3, -0.25) is 4.98 Å². The molecule has 1 aliphatic heterocycles. The maximum Gasteiger partial charge on any atom is 0.131 e. The van der Waals surface area contributed by atoms with Crippen molar-refractivity contribution < 1.29 is 0 Å². The summed E-state index contributed by atoms with van der Waals surface area (Å²) in [6.07, 6.45) is 10.6. The molecule has 1 atom stereocenters. The van der Waals surface area contributed by atoms with E-state index in [2.05, 4.69) is 27.4 Å². The van der Waals surface area contributed by atoms with E-state index in [0.717, 1.165) is 18.9 Å². The van der Waals surface area contributed by atoms with E-state index >= 15 is 0 Å². The van der Waals surface area contributed by atoms with Crippen molar-refractivity contribution in [2.75, 3.05) is 13.1 Å². The number of hydrogen-bond acceptors (Lipinski definition) is 4. The highest BCUT2D eigenvalue weighted by atomic mass is 35.5. The lowest BCUT2D eigenvalue weighted by atomic mass is 9.91. The van der Waals surface area contributed by atoms with Crippen molar-refractivity contribution in [3.63, 3.8) is 0 Å². The van der Waals surface area contributed by atoms with Crippen LogP contribution in [0.25, 0.3) is 11.1 Å². The molecule has 2 aliphatic rings. The van der Waals surface area contributed by atoms with Gasteiger partial charge in [-0.2, -0.15) is 0 Å². The van der Waals surface area contributed by atoms with E-state index in [1.807, 2.05) is 18.6 Å². The number of nitrogens with one attached hydrogen (secondary N) is 1. The van der Waals surface area contributed by atoms with Gasteiger partial charge in [0.05, 0.1) is 5.69 Å². The van der Waals surface area contributed by atoms with E-state index in [-0.39, 0.29) is 24.8 Å². The third kappa shape index (κ3) is 4.00. The predicted molar refractivity (Wildman–Crippen MR) is 96.6 cm³/mol. The number of hydrogen-bond donors (Lipinski definition) is 1. The standard InChI is InChI=1S/C17H20N4.2ClH/c1-2-14(10-19-7-1)16-15(12-5-8-18-9-6-12)11-20-17(21-16)13-3-4-13;;/h5-6,8-9,11,13-14,19H,1-4,7,10H2;2*1H. The minimum absolute atomic E-state index is 0. The third-order valence-corrected chi connectivity index (χ3v) is 4.45. The van der Waals surface area contributed by atoms with Gasteiger partial charge in [0.25, 0.3) is 0 Å². The van der Waals surface area contributed by atoms with Gasteiger partial charge in [-0.15, -0.1) is 24.8 Å². The molecule has 3 heterocycles. The molecular weight excluding hydrogens is 331 g/mol. The van der Waals surface area contributed by atoms with Gasteiger partial charge < -0.3 is 5.32 Å². The number of pyridine rings is 1. The number of piperidine rings is 1. The van der Waals surface area contributed by atoms with Crippen LogP contribution in [0.3, 0.4) is 0 Å². The van der Waals surface area contributed by atoms with Crippen LogP contribution in [0.5, 0.6) is 0 Å². The summed E-state index contributed by atoms with van der Waals surface area (Å²) in [5.74, 6) is 2.16. The quantitative estimate of drug-likeness (QED) is 0.914. The molecule has 1 saturated carbocycles. The lowest BCUT2D eigenvalue weighted by Crippen LogP contribution is -2.29. The molecule has 0 spiro atoms. The molecule has 1 aliphatic carbocycles. The van der Waals surface area contributed by atoms with Gasteiger partial charge in [0.15, 0.2) is 0 Å². The first-order valence-electron chi connectivity index (χ1n) is 7.90. The van der Waals surface area contributed by atoms with Crippen LogP contribution in [0, 0.1) is 0 Å².